The summed E-state index contributed by atoms with van der Waals surface area (Å²) in [5, 5.41) is 0.362. The molecule has 1 heterocycles. The number of benzene rings is 1. The lowest BCUT2D eigenvalue weighted by atomic mass is 9.94. The molecule has 0 saturated carbocycles. The van der Waals surface area contributed by atoms with E-state index >= 15 is 0 Å². The first kappa shape index (κ1) is 16.9. The number of nitrogens with zero attached hydrogens (tertiary/aromatic N) is 1. The molecule has 0 bridgehead atoms. The molecule has 2 atom stereocenters. The highest BCUT2D eigenvalue weighted by Gasteiger charge is 2.33. The van der Waals surface area contributed by atoms with Crippen LogP contribution in [-0.4, -0.2) is 32.9 Å². The summed E-state index contributed by atoms with van der Waals surface area (Å²) >= 11 is 12.1. The van der Waals surface area contributed by atoms with E-state index in [1.165, 1.54) is 23.5 Å². The Balaban J connectivity index is 2.42. The average molecular weight is 352 g/mol. The van der Waals surface area contributed by atoms with Gasteiger partial charge in [0, 0.05) is 19.2 Å². The zero-order valence-corrected chi connectivity index (χ0v) is 14.6. The third-order valence-corrected chi connectivity index (χ3v) is 6.25. The first-order chi connectivity index (χ1) is 9.75. The third-order valence-electron chi connectivity index (χ3n) is 3.66. The summed E-state index contributed by atoms with van der Waals surface area (Å²) < 4.78 is 32.1. The smallest absolute Gasteiger partial charge is 0.244 e. The maximum Gasteiger partial charge on any atom is 0.244 e. The van der Waals surface area contributed by atoms with E-state index in [0.717, 1.165) is 6.42 Å². The van der Waals surface area contributed by atoms with E-state index < -0.39 is 10.0 Å². The Kier molecular flexibility index (Phi) is 5.08. The van der Waals surface area contributed by atoms with E-state index in [1.54, 1.807) is 0 Å². The second kappa shape index (κ2) is 6.32. The van der Waals surface area contributed by atoms with Gasteiger partial charge in [-0.05, 0) is 24.3 Å². The Labute approximate surface area is 136 Å². The van der Waals surface area contributed by atoms with Crippen LogP contribution in [0.3, 0.4) is 0 Å². The fourth-order valence-corrected chi connectivity index (χ4v) is 5.31. The number of piperidine rings is 1. The minimum absolute atomic E-state index is 0.0382. The number of halogens is 2. The SMILES string of the molecule is COc1cc(Cl)c(S(=O)(=O)N2C[C@H](C)C[C@@H](C)C2)cc1Cl. The third kappa shape index (κ3) is 3.47. The second-order valence-electron chi connectivity index (χ2n) is 5.69. The first-order valence-electron chi connectivity index (χ1n) is 6.79. The fraction of sp³-hybridized carbons (Fsp3) is 0.571. The predicted octanol–water partition coefficient (Wildman–Crippen LogP) is 3.67. The molecular formula is C14H19Cl2NO3S. The number of ether oxygens (including phenoxy) is 1. The van der Waals surface area contributed by atoms with Gasteiger partial charge >= 0.3 is 0 Å². The number of hydrogen-bond acceptors (Lipinski definition) is 3. The number of methoxy groups -OCH3 is 1. The zero-order chi connectivity index (χ0) is 15.8. The Morgan fingerprint density at radius 1 is 1.14 bits per heavy atom. The average Bonchev–Trinajstić information content (AvgIpc) is 2.39. The number of sulfonamides is 1. The van der Waals surface area contributed by atoms with Crippen molar-refractivity contribution < 1.29 is 13.2 Å². The minimum atomic E-state index is -3.64. The Bertz CT molecular complexity index is 623. The maximum atomic E-state index is 12.8. The van der Waals surface area contributed by atoms with Crippen LogP contribution in [0.25, 0.3) is 0 Å². The van der Waals surface area contributed by atoms with Crippen LogP contribution in [0.4, 0.5) is 0 Å². The van der Waals surface area contributed by atoms with Crippen molar-refractivity contribution in [1.82, 2.24) is 4.31 Å². The van der Waals surface area contributed by atoms with Crippen molar-refractivity contribution in [2.45, 2.75) is 25.2 Å². The summed E-state index contributed by atoms with van der Waals surface area (Å²) in [7, 11) is -2.19. The highest BCUT2D eigenvalue weighted by molar-refractivity contribution is 7.89. The molecule has 1 aromatic carbocycles. The second-order valence-corrected chi connectivity index (χ2v) is 8.41. The largest absolute Gasteiger partial charge is 0.495 e. The normalized spacial score (nSPS) is 24.0. The van der Waals surface area contributed by atoms with Crippen molar-refractivity contribution >= 4 is 33.2 Å². The molecule has 2 rings (SSSR count). The fourth-order valence-electron chi connectivity index (χ4n) is 2.81. The van der Waals surface area contributed by atoms with Crippen LogP contribution in [0.5, 0.6) is 5.75 Å². The molecule has 0 amide bonds. The van der Waals surface area contributed by atoms with Crippen molar-refractivity contribution in [3.8, 4) is 5.75 Å². The quantitative estimate of drug-likeness (QED) is 0.834. The van der Waals surface area contributed by atoms with E-state index in [-0.39, 0.29) is 14.9 Å². The van der Waals surface area contributed by atoms with Crippen LogP contribution in [-0.2, 0) is 10.0 Å². The summed E-state index contributed by atoms with van der Waals surface area (Å²) in [4.78, 5) is 0.0382. The molecule has 0 radical (unpaired) electrons. The van der Waals surface area contributed by atoms with Gasteiger partial charge in [0.2, 0.25) is 10.0 Å². The monoisotopic (exact) mass is 351 g/mol. The van der Waals surface area contributed by atoms with Gasteiger partial charge in [-0.3, -0.25) is 0 Å². The van der Waals surface area contributed by atoms with Crippen LogP contribution >= 0.6 is 23.2 Å². The van der Waals surface area contributed by atoms with E-state index in [9.17, 15) is 8.42 Å². The van der Waals surface area contributed by atoms with Crippen LogP contribution in [0.1, 0.15) is 20.3 Å². The van der Waals surface area contributed by atoms with Crippen molar-refractivity contribution in [2.75, 3.05) is 20.2 Å². The minimum Gasteiger partial charge on any atom is -0.495 e. The molecule has 7 heteroatoms. The summed E-state index contributed by atoms with van der Waals surface area (Å²) in [5.41, 5.74) is 0. The summed E-state index contributed by atoms with van der Waals surface area (Å²) in [6.45, 7) is 5.13. The Hall–Kier alpha value is -0.490. The summed E-state index contributed by atoms with van der Waals surface area (Å²) in [5.74, 6) is 1.02. The molecule has 4 nitrogen and oxygen atoms in total. The van der Waals surface area contributed by atoms with Gasteiger partial charge in [0.25, 0.3) is 0 Å². The van der Waals surface area contributed by atoms with Gasteiger partial charge < -0.3 is 4.74 Å². The van der Waals surface area contributed by atoms with Gasteiger partial charge in [0.05, 0.1) is 17.2 Å². The molecule has 21 heavy (non-hydrogen) atoms. The van der Waals surface area contributed by atoms with Crippen molar-refractivity contribution in [2.24, 2.45) is 11.8 Å². The lowest BCUT2D eigenvalue weighted by Gasteiger charge is -2.34. The number of rotatable bonds is 3. The topological polar surface area (TPSA) is 46.6 Å². The van der Waals surface area contributed by atoms with Gasteiger partial charge in [-0.25, -0.2) is 8.42 Å². The van der Waals surface area contributed by atoms with Crippen LogP contribution in [0.15, 0.2) is 17.0 Å². The molecule has 1 aliphatic heterocycles. The van der Waals surface area contributed by atoms with Gasteiger partial charge in [-0.15, -0.1) is 0 Å². The number of hydrogen-bond donors (Lipinski definition) is 0. The summed E-state index contributed by atoms with van der Waals surface area (Å²) in [6, 6.07) is 2.80. The molecule has 1 fully saturated rings. The molecule has 1 aliphatic rings. The van der Waals surface area contributed by atoms with Gasteiger partial charge in [-0.2, -0.15) is 4.31 Å². The Morgan fingerprint density at radius 2 is 1.71 bits per heavy atom. The molecule has 0 N–H and O–H groups in total. The first-order valence-corrected chi connectivity index (χ1v) is 8.98. The standard InChI is InChI=1S/C14H19Cl2NO3S/c1-9-4-10(2)8-17(7-9)21(18,19)14-6-11(15)13(20-3)5-12(14)16/h5-6,9-10H,4,7-8H2,1-3H3/t9-,10-/m1/s1. The maximum absolute atomic E-state index is 12.8. The molecule has 0 spiro atoms. The molecule has 0 aromatic heterocycles. The molecule has 0 aliphatic carbocycles. The summed E-state index contributed by atoms with van der Waals surface area (Å²) in [6.07, 6.45) is 1.03. The molecule has 0 unspecified atom stereocenters. The predicted molar refractivity (Wildman–Crippen MR) is 84.7 cm³/mol. The molecular weight excluding hydrogens is 333 g/mol. The van der Waals surface area contributed by atoms with E-state index in [0.29, 0.717) is 30.7 Å². The van der Waals surface area contributed by atoms with Crippen LogP contribution < -0.4 is 4.74 Å². The van der Waals surface area contributed by atoms with Gasteiger partial charge in [0.15, 0.2) is 0 Å². The van der Waals surface area contributed by atoms with Crippen molar-refractivity contribution in [3.63, 3.8) is 0 Å². The highest BCUT2D eigenvalue weighted by Crippen LogP contribution is 2.36. The van der Waals surface area contributed by atoms with Crippen LogP contribution in [0, 0.1) is 11.8 Å². The lowest BCUT2D eigenvalue weighted by molar-refractivity contribution is 0.222. The van der Waals surface area contributed by atoms with Gasteiger partial charge in [0.1, 0.15) is 10.6 Å². The van der Waals surface area contributed by atoms with Crippen molar-refractivity contribution in [3.05, 3.63) is 22.2 Å². The van der Waals surface area contributed by atoms with E-state index in [2.05, 4.69) is 13.8 Å². The van der Waals surface area contributed by atoms with Crippen LogP contribution in [0.2, 0.25) is 10.0 Å². The molecule has 1 aromatic rings. The van der Waals surface area contributed by atoms with Gasteiger partial charge in [-0.1, -0.05) is 37.0 Å². The molecule has 1 saturated heterocycles. The Morgan fingerprint density at radius 3 is 2.24 bits per heavy atom. The zero-order valence-electron chi connectivity index (χ0n) is 12.3. The van der Waals surface area contributed by atoms with E-state index in [4.69, 9.17) is 27.9 Å². The van der Waals surface area contributed by atoms with E-state index in [1.807, 2.05) is 0 Å². The highest BCUT2D eigenvalue weighted by atomic mass is 35.5. The lowest BCUT2D eigenvalue weighted by Crippen LogP contribution is -2.42. The molecule has 118 valence electrons. The van der Waals surface area contributed by atoms with Crippen molar-refractivity contribution in [1.29, 1.82) is 0 Å².